The monoisotopic (exact) mass is 595 g/mol. The molecule has 0 saturated heterocycles. The Morgan fingerprint density at radius 1 is 0.842 bits per heavy atom. The minimum Gasteiger partial charge on any atom is -0.491 e. The molecule has 0 aliphatic heterocycles. The number of aryl methyl sites for hydroxylation is 4. The standard InChI is InChI=1S/C13H17BrO4.C13H18O4.C2H3N/c1-8-3-11(18-7-10(16)6-15)4-9(2)13(8)12(17)5-14;1-8-4-12(17-7-11(16)6-14)5-9(2)13(8)10(3)15;1-2-3/h3-4,10,15-16H,5-7H2,1-2H3;4-5,11,14,16H,6-7H2,1-3H3;1H3. The first kappa shape index (κ1) is 35.2. The third-order valence-electron chi connectivity index (χ3n) is 5.07. The topological polar surface area (TPSA) is 157 Å². The molecule has 0 bridgehead atoms. The Kier molecular flexibility index (Phi) is 17.1. The van der Waals surface area contributed by atoms with Crippen molar-refractivity contribution in [2.75, 3.05) is 31.8 Å². The lowest BCUT2D eigenvalue weighted by atomic mass is 9.99. The smallest absolute Gasteiger partial charge is 0.173 e. The summed E-state index contributed by atoms with van der Waals surface area (Å²) in [6.45, 7) is 9.75. The Hall–Kier alpha value is -2.81. The van der Waals surface area contributed by atoms with Gasteiger partial charge in [-0.3, -0.25) is 9.59 Å². The molecule has 0 radical (unpaired) electrons. The van der Waals surface area contributed by atoms with Crippen LogP contribution in [0.5, 0.6) is 11.5 Å². The van der Waals surface area contributed by atoms with Crippen LogP contribution in [0.25, 0.3) is 0 Å². The summed E-state index contributed by atoms with van der Waals surface area (Å²) in [5, 5.41) is 43.3. The van der Waals surface area contributed by atoms with E-state index in [1.54, 1.807) is 30.3 Å². The molecule has 38 heavy (non-hydrogen) atoms. The minimum absolute atomic E-state index is 0.0289. The van der Waals surface area contributed by atoms with Gasteiger partial charge in [-0.05, 0) is 81.1 Å². The number of nitriles is 1. The number of halogens is 1. The van der Waals surface area contributed by atoms with E-state index < -0.39 is 12.2 Å². The molecular formula is C28H38BrNO8. The summed E-state index contributed by atoms with van der Waals surface area (Å²) in [5.41, 5.74) is 4.79. The van der Waals surface area contributed by atoms with Crippen LogP contribution in [0.2, 0.25) is 0 Å². The Balaban J connectivity index is 0.000000654. The summed E-state index contributed by atoms with van der Waals surface area (Å²) in [6.07, 6.45) is -1.78. The molecule has 9 nitrogen and oxygen atoms in total. The lowest BCUT2D eigenvalue weighted by molar-refractivity contribution is 0.0535. The Labute approximate surface area is 232 Å². The van der Waals surface area contributed by atoms with Crippen LogP contribution in [0.3, 0.4) is 0 Å². The Morgan fingerprint density at radius 3 is 1.42 bits per heavy atom. The van der Waals surface area contributed by atoms with E-state index in [1.165, 1.54) is 13.8 Å². The maximum Gasteiger partial charge on any atom is 0.173 e. The molecule has 2 unspecified atom stereocenters. The van der Waals surface area contributed by atoms with Gasteiger partial charge in [-0.2, -0.15) is 5.26 Å². The van der Waals surface area contributed by atoms with E-state index in [9.17, 15) is 19.8 Å². The fourth-order valence-corrected chi connectivity index (χ4v) is 3.85. The van der Waals surface area contributed by atoms with Gasteiger partial charge in [0.1, 0.15) is 36.9 Å². The number of ether oxygens (including phenoxy) is 2. The molecule has 0 aliphatic carbocycles. The van der Waals surface area contributed by atoms with E-state index in [-0.39, 0.29) is 43.3 Å². The summed E-state index contributed by atoms with van der Waals surface area (Å²) in [6, 6.07) is 8.78. The second-order valence-corrected chi connectivity index (χ2v) is 9.06. The van der Waals surface area contributed by atoms with E-state index >= 15 is 0 Å². The summed E-state index contributed by atoms with van der Waals surface area (Å²) >= 11 is 3.16. The van der Waals surface area contributed by atoms with Gasteiger partial charge in [0.2, 0.25) is 0 Å². The van der Waals surface area contributed by atoms with E-state index in [2.05, 4.69) is 15.9 Å². The normalized spacial score (nSPS) is 11.5. The molecule has 2 aromatic rings. The van der Waals surface area contributed by atoms with Crippen molar-refractivity contribution in [2.45, 2.75) is 53.8 Å². The second kappa shape index (κ2) is 18.4. The number of carbonyl (C=O) groups is 2. The number of ketones is 2. The first-order chi connectivity index (χ1) is 17.9. The van der Waals surface area contributed by atoms with Crippen molar-refractivity contribution in [1.82, 2.24) is 0 Å². The lowest BCUT2D eigenvalue weighted by Gasteiger charge is -2.13. The fraction of sp³-hybridized carbons (Fsp3) is 0.464. The number of hydrogen-bond acceptors (Lipinski definition) is 9. The number of hydrogen-bond donors (Lipinski definition) is 4. The first-order valence-corrected chi connectivity index (χ1v) is 13.0. The van der Waals surface area contributed by atoms with Gasteiger partial charge in [-0.1, -0.05) is 15.9 Å². The van der Waals surface area contributed by atoms with Gasteiger partial charge in [0.05, 0.1) is 24.6 Å². The summed E-state index contributed by atoms with van der Waals surface area (Å²) in [4.78, 5) is 23.1. The highest BCUT2D eigenvalue weighted by molar-refractivity contribution is 9.09. The van der Waals surface area contributed by atoms with E-state index in [0.717, 1.165) is 22.3 Å². The molecule has 10 heteroatoms. The number of nitrogens with zero attached hydrogens (tertiary/aromatic N) is 1. The predicted molar refractivity (Wildman–Crippen MR) is 148 cm³/mol. The lowest BCUT2D eigenvalue weighted by Crippen LogP contribution is -2.21. The molecule has 0 amide bonds. The molecule has 0 aliphatic rings. The van der Waals surface area contributed by atoms with Gasteiger partial charge in [0, 0.05) is 18.1 Å². The molecule has 0 saturated carbocycles. The average molecular weight is 597 g/mol. The van der Waals surface area contributed by atoms with Gasteiger partial charge in [0.25, 0.3) is 0 Å². The maximum atomic E-state index is 11.7. The Morgan fingerprint density at radius 2 is 1.16 bits per heavy atom. The van der Waals surface area contributed by atoms with Crippen LogP contribution in [0, 0.1) is 39.0 Å². The van der Waals surface area contributed by atoms with Crippen LogP contribution in [0.15, 0.2) is 24.3 Å². The van der Waals surface area contributed by atoms with Crippen LogP contribution in [0.1, 0.15) is 56.8 Å². The van der Waals surface area contributed by atoms with Crippen LogP contribution >= 0.6 is 15.9 Å². The van der Waals surface area contributed by atoms with Crippen LogP contribution in [-0.4, -0.2) is 76.0 Å². The van der Waals surface area contributed by atoms with Gasteiger partial charge >= 0.3 is 0 Å². The minimum atomic E-state index is -0.894. The molecule has 4 N–H and O–H groups in total. The number of Topliss-reactive ketones (excluding diaryl/α,β-unsaturated/α-hetero) is 2. The molecular weight excluding hydrogens is 558 g/mol. The zero-order valence-corrected chi connectivity index (χ0v) is 24.3. The maximum absolute atomic E-state index is 11.7. The number of aliphatic hydroxyl groups excluding tert-OH is 4. The van der Waals surface area contributed by atoms with Crippen molar-refractivity contribution in [3.63, 3.8) is 0 Å². The highest BCUT2D eigenvalue weighted by Crippen LogP contribution is 2.24. The number of carbonyl (C=O) groups excluding carboxylic acids is 2. The number of benzene rings is 2. The molecule has 2 rings (SSSR count). The van der Waals surface area contributed by atoms with E-state index in [4.69, 9.17) is 24.9 Å². The highest BCUT2D eigenvalue weighted by Gasteiger charge is 2.14. The summed E-state index contributed by atoms with van der Waals surface area (Å²) in [7, 11) is 0. The van der Waals surface area contributed by atoms with Gasteiger partial charge in [-0.25, -0.2) is 0 Å². The largest absolute Gasteiger partial charge is 0.491 e. The third kappa shape index (κ3) is 12.2. The molecule has 0 fully saturated rings. The van der Waals surface area contributed by atoms with Crippen molar-refractivity contribution in [3.8, 4) is 17.6 Å². The summed E-state index contributed by atoms with van der Waals surface area (Å²) in [5.74, 6) is 1.25. The van der Waals surface area contributed by atoms with E-state index in [0.29, 0.717) is 22.6 Å². The van der Waals surface area contributed by atoms with Crippen LogP contribution in [-0.2, 0) is 0 Å². The first-order valence-electron chi connectivity index (χ1n) is 11.8. The zero-order valence-electron chi connectivity index (χ0n) is 22.7. The molecule has 2 atom stereocenters. The SMILES string of the molecule is CC#N.CC(=O)c1c(C)cc(OCC(O)CO)cc1C.Cc1cc(OCC(O)CO)cc(C)c1C(=O)CBr. The molecule has 0 spiro atoms. The van der Waals surface area contributed by atoms with Crippen molar-refractivity contribution >= 4 is 27.5 Å². The van der Waals surface area contributed by atoms with Gasteiger partial charge in [0.15, 0.2) is 11.6 Å². The van der Waals surface area contributed by atoms with Crippen molar-refractivity contribution in [2.24, 2.45) is 0 Å². The van der Waals surface area contributed by atoms with Crippen molar-refractivity contribution in [1.29, 1.82) is 5.26 Å². The Bertz CT molecular complexity index is 1050. The van der Waals surface area contributed by atoms with Crippen LogP contribution in [0.4, 0.5) is 0 Å². The number of rotatable bonds is 11. The molecule has 2 aromatic carbocycles. The highest BCUT2D eigenvalue weighted by atomic mass is 79.9. The van der Waals surface area contributed by atoms with Gasteiger partial charge in [-0.15, -0.1) is 0 Å². The van der Waals surface area contributed by atoms with Crippen LogP contribution < -0.4 is 9.47 Å². The third-order valence-corrected chi connectivity index (χ3v) is 5.58. The van der Waals surface area contributed by atoms with Gasteiger partial charge < -0.3 is 29.9 Å². The fourth-order valence-electron chi connectivity index (χ4n) is 3.57. The molecule has 210 valence electrons. The quantitative estimate of drug-likeness (QED) is 0.226. The second-order valence-electron chi connectivity index (χ2n) is 8.50. The average Bonchev–Trinajstić information content (AvgIpc) is 2.85. The summed E-state index contributed by atoms with van der Waals surface area (Å²) < 4.78 is 10.7. The number of aliphatic hydroxyl groups is 4. The van der Waals surface area contributed by atoms with E-state index in [1.807, 2.05) is 27.7 Å². The number of alkyl halides is 1. The molecule has 0 aromatic heterocycles. The zero-order chi connectivity index (χ0) is 29.4. The molecule has 0 heterocycles. The predicted octanol–water partition coefficient (Wildman–Crippen LogP) is 3.38. The van der Waals surface area contributed by atoms with Crippen molar-refractivity contribution in [3.05, 3.63) is 57.6 Å². The van der Waals surface area contributed by atoms with Crippen molar-refractivity contribution < 1.29 is 39.5 Å².